The van der Waals surface area contributed by atoms with Crippen molar-refractivity contribution in [3.8, 4) is 0 Å². The van der Waals surface area contributed by atoms with Crippen molar-refractivity contribution in [2.45, 2.75) is 6.92 Å². The van der Waals surface area contributed by atoms with Crippen molar-refractivity contribution in [2.75, 3.05) is 31.1 Å². The second-order valence-corrected chi connectivity index (χ2v) is 3.54. The Balaban J connectivity index is 0.00000128. The Kier molecular flexibility index (Phi) is 4.49. The third kappa shape index (κ3) is 2.82. The van der Waals surface area contributed by atoms with Gasteiger partial charge in [-0.25, -0.2) is 9.97 Å². The Hall–Kier alpha value is -1.36. The molecule has 0 spiro atoms. The molecule has 0 N–H and O–H groups in total. The molecule has 2 rings (SSSR count). The summed E-state index contributed by atoms with van der Waals surface area (Å²) in [6, 6.07) is 1.80. The van der Waals surface area contributed by atoms with E-state index in [-0.39, 0.29) is 18.3 Å². The molecule has 0 aliphatic carbocycles. The number of hydrogen-bond donors (Lipinski definition) is 0. The van der Waals surface area contributed by atoms with Crippen LogP contribution in [-0.4, -0.2) is 47.0 Å². The Labute approximate surface area is 101 Å². The summed E-state index contributed by atoms with van der Waals surface area (Å²) in [4.78, 5) is 23.4. The summed E-state index contributed by atoms with van der Waals surface area (Å²) in [7, 11) is 0. The lowest BCUT2D eigenvalue weighted by Crippen LogP contribution is -2.48. The number of halogens is 1. The van der Waals surface area contributed by atoms with Crippen molar-refractivity contribution in [1.29, 1.82) is 0 Å². The van der Waals surface area contributed by atoms with Crippen molar-refractivity contribution >= 4 is 24.3 Å². The second-order valence-electron chi connectivity index (χ2n) is 3.54. The highest BCUT2D eigenvalue weighted by atomic mass is 35.5. The number of carbonyl (C=O) groups excluding carboxylic acids is 1. The predicted octanol–water partition coefficient (Wildman–Crippen LogP) is 0.567. The van der Waals surface area contributed by atoms with Crippen LogP contribution in [0.2, 0.25) is 0 Å². The third-order valence-electron chi connectivity index (χ3n) is 2.56. The third-order valence-corrected chi connectivity index (χ3v) is 2.56. The fourth-order valence-corrected chi connectivity index (χ4v) is 1.68. The monoisotopic (exact) mass is 242 g/mol. The van der Waals surface area contributed by atoms with Gasteiger partial charge in [0.15, 0.2) is 0 Å². The summed E-state index contributed by atoms with van der Waals surface area (Å²) >= 11 is 0. The average molecular weight is 243 g/mol. The van der Waals surface area contributed by atoms with Crippen LogP contribution in [0, 0.1) is 0 Å². The molecule has 0 unspecified atom stereocenters. The minimum Gasteiger partial charge on any atom is -0.339 e. The lowest BCUT2D eigenvalue weighted by molar-refractivity contribution is -0.129. The van der Waals surface area contributed by atoms with Crippen molar-refractivity contribution in [3.05, 3.63) is 18.5 Å². The van der Waals surface area contributed by atoms with Gasteiger partial charge in [-0.2, -0.15) is 0 Å². The van der Waals surface area contributed by atoms with Gasteiger partial charge in [0.1, 0.15) is 0 Å². The van der Waals surface area contributed by atoms with Gasteiger partial charge < -0.3 is 9.80 Å². The number of amides is 1. The molecule has 1 amide bonds. The first kappa shape index (κ1) is 12.7. The molecule has 1 aromatic rings. The number of piperazine rings is 1. The number of rotatable bonds is 1. The van der Waals surface area contributed by atoms with Crippen LogP contribution >= 0.6 is 12.4 Å². The van der Waals surface area contributed by atoms with Crippen LogP contribution in [0.1, 0.15) is 6.92 Å². The molecule has 1 aromatic heterocycles. The Morgan fingerprint density at radius 2 is 1.75 bits per heavy atom. The second kappa shape index (κ2) is 5.65. The van der Waals surface area contributed by atoms with Gasteiger partial charge >= 0.3 is 0 Å². The molecule has 1 aliphatic heterocycles. The van der Waals surface area contributed by atoms with Gasteiger partial charge in [0.25, 0.3) is 0 Å². The molecule has 6 heteroatoms. The average Bonchev–Trinajstić information content (AvgIpc) is 2.30. The molecule has 1 saturated heterocycles. The van der Waals surface area contributed by atoms with E-state index in [4.69, 9.17) is 0 Å². The largest absolute Gasteiger partial charge is 0.339 e. The normalized spacial score (nSPS) is 15.6. The van der Waals surface area contributed by atoms with Crippen molar-refractivity contribution in [1.82, 2.24) is 14.9 Å². The Morgan fingerprint density at radius 3 is 2.25 bits per heavy atom. The van der Waals surface area contributed by atoms with E-state index in [0.717, 1.165) is 32.1 Å². The summed E-state index contributed by atoms with van der Waals surface area (Å²) < 4.78 is 0. The molecule has 1 fully saturated rings. The van der Waals surface area contributed by atoms with E-state index in [9.17, 15) is 4.79 Å². The fraction of sp³-hybridized carbons (Fsp3) is 0.500. The van der Waals surface area contributed by atoms with E-state index in [1.807, 2.05) is 4.90 Å². The van der Waals surface area contributed by atoms with Crippen LogP contribution in [0.4, 0.5) is 5.95 Å². The van der Waals surface area contributed by atoms with Crippen LogP contribution in [0.15, 0.2) is 18.5 Å². The maximum Gasteiger partial charge on any atom is 0.225 e. The van der Waals surface area contributed by atoms with Gasteiger partial charge in [0, 0.05) is 45.5 Å². The summed E-state index contributed by atoms with van der Waals surface area (Å²) in [6.07, 6.45) is 3.47. The Bertz CT molecular complexity index is 338. The highest BCUT2D eigenvalue weighted by molar-refractivity contribution is 5.85. The zero-order valence-electron chi connectivity index (χ0n) is 9.17. The molecule has 0 bridgehead atoms. The first-order valence-electron chi connectivity index (χ1n) is 5.05. The number of carbonyl (C=O) groups is 1. The van der Waals surface area contributed by atoms with Gasteiger partial charge in [-0.05, 0) is 6.07 Å². The van der Waals surface area contributed by atoms with E-state index < -0.39 is 0 Å². The molecule has 88 valence electrons. The van der Waals surface area contributed by atoms with Crippen LogP contribution in [0.5, 0.6) is 0 Å². The van der Waals surface area contributed by atoms with Gasteiger partial charge in [-0.15, -0.1) is 12.4 Å². The van der Waals surface area contributed by atoms with Gasteiger partial charge in [0.05, 0.1) is 0 Å². The molecule has 0 radical (unpaired) electrons. The van der Waals surface area contributed by atoms with Gasteiger partial charge in [0.2, 0.25) is 11.9 Å². The van der Waals surface area contributed by atoms with Crippen LogP contribution in [-0.2, 0) is 4.79 Å². The van der Waals surface area contributed by atoms with E-state index in [2.05, 4.69) is 14.9 Å². The van der Waals surface area contributed by atoms with Crippen molar-refractivity contribution in [3.63, 3.8) is 0 Å². The van der Waals surface area contributed by atoms with E-state index >= 15 is 0 Å². The predicted molar refractivity (Wildman–Crippen MR) is 63.7 cm³/mol. The number of nitrogens with zero attached hydrogens (tertiary/aromatic N) is 4. The lowest BCUT2D eigenvalue weighted by Gasteiger charge is -2.34. The highest BCUT2D eigenvalue weighted by Crippen LogP contribution is 2.09. The van der Waals surface area contributed by atoms with Gasteiger partial charge in [-0.3, -0.25) is 4.79 Å². The lowest BCUT2D eigenvalue weighted by atomic mass is 10.3. The molecule has 2 heterocycles. The molecular weight excluding hydrogens is 228 g/mol. The molecule has 0 atom stereocenters. The van der Waals surface area contributed by atoms with Crippen LogP contribution < -0.4 is 4.90 Å². The minimum atomic E-state index is 0. The molecule has 0 saturated carbocycles. The minimum absolute atomic E-state index is 0. The van der Waals surface area contributed by atoms with Crippen molar-refractivity contribution < 1.29 is 4.79 Å². The number of aromatic nitrogens is 2. The summed E-state index contributed by atoms with van der Waals surface area (Å²) in [5.74, 6) is 0.893. The number of hydrogen-bond acceptors (Lipinski definition) is 4. The topological polar surface area (TPSA) is 49.3 Å². The first-order chi connectivity index (χ1) is 7.27. The van der Waals surface area contributed by atoms with Crippen LogP contribution in [0.25, 0.3) is 0 Å². The smallest absolute Gasteiger partial charge is 0.225 e. The zero-order chi connectivity index (χ0) is 10.7. The molecular formula is C10H15ClN4O. The highest BCUT2D eigenvalue weighted by Gasteiger charge is 2.19. The first-order valence-corrected chi connectivity index (χ1v) is 5.05. The molecule has 0 aromatic carbocycles. The fourth-order valence-electron chi connectivity index (χ4n) is 1.68. The van der Waals surface area contributed by atoms with E-state index in [0.29, 0.717) is 0 Å². The number of anilines is 1. The maximum atomic E-state index is 11.1. The van der Waals surface area contributed by atoms with Crippen LogP contribution in [0.3, 0.4) is 0 Å². The summed E-state index contributed by atoms with van der Waals surface area (Å²) in [5, 5.41) is 0. The van der Waals surface area contributed by atoms with Gasteiger partial charge in [-0.1, -0.05) is 0 Å². The molecule has 16 heavy (non-hydrogen) atoms. The molecule has 1 aliphatic rings. The summed E-state index contributed by atoms with van der Waals surface area (Å²) in [6.45, 7) is 4.74. The van der Waals surface area contributed by atoms with E-state index in [1.165, 1.54) is 0 Å². The molecule has 5 nitrogen and oxygen atoms in total. The summed E-state index contributed by atoms with van der Waals surface area (Å²) in [5.41, 5.74) is 0. The quantitative estimate of drug-likeness (QED) is 0.723. The van der Waals surface area contributed by atoms with E-state index in [1.54, 1.807) is 25.4 Å². The zero-order valence-corrected chi connectivity index (χ0v) is 9.98. The SMILES string of the molecule is CC(=O)N1CCN(c2ncccn2)CC1.Cl. The standard InChI is InChI=1S/C10H14N4O.ClH/c1-9(15)13-5-7-14(8-6-13)10-11-3-2-4-12-10;/h2-4H,5-8H2,1H3;1H. The maximum absolute atomic E-state index is 11.1. The van der Waals surface area contributed by atoms with Crippen molar-refractivity contribution in [2.24, 2.45) is 0 Å². The Morgan fingerprint density at radius 1 is 1.19 bits per heavy atom.